The van der Waals surface area contributed by atoms with E-state index in [0.29, 0.717) is 15.8 Å². The van der Waals surface area contributed by atoms with Gasteiger partial charge in [0.1, 0.15) is 6.54 Å². The van der Waals surface area contributed by atoms with Crippen LogP contribution < -0.4 is 4.80 Å². The van der Waals surface area contributed by atoms with Crippen molar-refractivity contribution in [3.63, 3.8) is 0 Å². The number of nitro benzene ring substituents is 1. The van der Waals surface area contributed by atoms with E-state index in [1.807, 2.05) is 0 Å². The lowest BCUT2D eigenvalue weighted by molar-refractivity contribution is -0.384. The van der Waals surface area contributed by atoms with Crippen LogP contribution in [0.1, 0.15) is 17.3 Å². The zero-order chi connectivity index (χ0) is 20.3. The summed E-state index contributed by atoms with van der Waals surface area (Å²) in [6, 6.07) is 11.0. The van der Waals surface area contributed by atoms with E-state index in [-0.39, 0.29) is 23.6 Å². The Bertz CT molecular complexity index is 1130. The number of fused-ring (bicyclic) bond motifs is 1. The number of rotatable bonds is 5. The van der Waals surface area contributed by atoms with Crippen LogP contribution in [0.25, 0.3) is 10.2 Å². The number of hydrogen-bond donors (Lipinski definition) is 0. The average Bonchev–Trinajstić information content (AvgIpc) is 2.98. The standard InChI is InChI=1S/C18H14BrN3O5S/c1-2-27-16(23)10-21-14-9-13(22(25)26)7-8-15(14)28-18(21)20-17(24)11-3-5-12(19)6-4-11/h3-9H,2,10H2,1H3. The van der Waals surface area contributed by atoms with Crippen molar-refractivity contribution in [1.82, 2.24) is 4.57 Å². The van der Waals surface area contributed by atoms with Crippen molar-refractivity contribution < 1.29 is 19.2 Å². The largest absolute Gasteiger partial charge is 0.465 e. The van der Waals surface area contributed by atoms with Crippen LogP contribution in [0.3, 0.4) is 0 Å². The van der Waals surface area contributed by atoms with Crippen LogP contribution in [-0.4, -0.2) is 28.0 Å². The number of halogens is 1. The molecule has 0 fully saturated rings. The van der Waals surface area contributed by atoms with Gasteiger partial charge in [0.15, 0.2) is 4.80 Å². The molecule has 0 aliphatic heterocycles. The fraction of sp³-hybridized carbons (Fsp3) is 0.167. The lowest BCUT2D eigenvalue weighted by atomic mass is 10.2. The normalized spacial score (nSPS) is 11.6. The molecule has 0 atom stereocenters. The second kappa shape index (κ2) is 8.44. The zero-order valence-electron chi connectivity index (χ0n) is 14.6. The smallest absolute Gasteiger partial charge is 0.326 e. The molecule has 10 heteroatoms. The molecular formula is C18H14BrN3O5S. The highest BCUT2D eigenvalue weighted by Gasteiger charge is 2.16. The van der Waals surface area contributed by atoms with E-state index >= 15 is 0 Å². The van der Waals surface area contributed by atoms with Crippen LogP contribution in [0.2, 0.25) is 0 Å². The molecule has 0 bridgehead atoms. The van der Waals surface area contributed by atoms with E-state index in [4.69, 9.17) is 4.74 Å². The van der Waals surface area contributed by atoms with Gasteiger partial charge in [0.05, 0.1) is 21.7 Å². The summed E-state index contributed by atoms with van der Waals surface area (Å²) in [4.78, 5) is 39.5. The molecule has 28 heavy (non-hydrogen) atoms. The number of thiazole rings is 1. The Hall–Kier alpha value is -2.85. The van der Waals surface area contributed by atoms with Crippen molar-refractivity contribution in [3.05, 3.63) is 67.4 Å². The number of nitro groups is 1. The number of esters is 1. The number of benzene rings is 2. The van der Waals surface area contributed by atoms with Crippen LogP contribution in [0.5, 0.6) is 0 Å². The molecule has 1 heterocycles. The molecule has 0 spiro atoms. The number of non-ortho nitro benzene ring substituents is 1. The topological polar surface area (TPSA) is 104 Å². The molecule has 3 rings (SSSR count). The zero-order valence-corrected chi connectivity index (χ0v) is 17.0. The highest BCUT2D eigenvalue weighted by atomic mass is 79.9. The van der Waals surface area contributed by atoms with Gasteiger partial charge in [-0.05, 0) is 37.3 Å². The summed E-state index contributed by atoms with van der Waals surface area (Å²) in [5.74, 6) is -1.00. The molecule has 144 valence electrons. The maximum atomic E-state index is 12.5. The Balaban J connectivity index is 2.14. The first kappa shape index (κ1) is 19.9. The van der Waals surface area contributed by atoms with Gasteiger partial charge in [0.2, 0.25) is 0 Å². The lowest BCUT2D eigenvalue weighted by Gasteiger charge is -2.05. The van der Waals surface area contributed by atoms with Crippen molar-refractivity contribution in [1.29, 1.82) is 0 Å². The summed E-state index contributed by atoms with van der Waals surface area (Å²) in [5.41, 5.74) is 0.706. The van der Waals surface area contributed by atoms with Gasteiger partial charge >= 0.3 is 5.97 Å². The van der Waals surface area contributed by atoms with Gasteiger partial charge in [0, 0.05) is 22.2 Å². The molecule has 1 aromatic heterocycles. The van der Waals surface area contributed by atoms with Gasteiger partial charge in [-0.25, -0.2) is 0 Å². The second-order valence-corrected chi connectivity index (χ2v) is 7.53. The van der Waals surface area contributed by atoms with Crippen molar-refractivity contribution in [2.45, 2.75) is 13.5 Å². The van der Waals surface area contributed by atoms with Crippen LogP contribution in [0, 0.1) is 10.1 Å². The van der Waals surface area contributed by atoms with Gasteiger partial charge in [-0.15, -0.1) is 0 Å². The first-order valence-electron chi connectivity index (χ1n) is 8.17. The summed E-state index contributed by atoms with van der Waals surface area (Å²) in [5, 5.41) is 11.1. The SMILES string of the molecule is CCOC(=O)Cn1c(=NC(=O)c2ccc(Br)cc2)sc2ccc([N+](=O)[O-])cc21. The van der Waals surface area contributed by atoms with E-state index < -0.39 is 16.8 Å². The molecule has 1 amide bonds. The molecule has 2 aromatic carbocycles. The summed E-state index contributed by atoms with van der Waals surface area (Å²) in [7, 11) is 0. The van der Waals surface area contributed by atoms with Crippen molar-refractivity contribution in [2.75, 3.05) is 6.61 Å². The summed E-state index contributed by atoms with van der Waals surface area (Å²) in [6.45, 7) is 1.68. The highest BCUT2D eigenvalue weighted by molar-refractivity contribution is 9.10. The van der Waals surface area contributed by atoms with Crippen LogP contribution in [0.15, 0.2) is 51.9 Å². The minimum absolute atomic E-state index is 0.117. The van der Waals surface area contributed by atoms with Crippen LogP contribution in [0.4, 0.5) is 5.69 Å². The third-order valence-corrected chi connectivity index (χ3v) is 5.35. The molecule has 0 aliphatic carbocycles. The molecular weight excluding hydrogens is 450 g/mol. The van der Waals surface area contributed by atoms with Gasteiger partial charge < -0.3 is 9.30 Å². The molecule has 0 N–H and O–H groups in total. The van der Waals surface area contributed by atoms with Crippen LogP contribution >= 0.6 is 27.3 Å². The molecule has 0 saturated heterocycles. The molecule has 3 aromatic rings. The van der Waals surface area contributed by atoms with E-state index in [1.54, 1.807) is 37.3 Å². The molecule has 0 radical (unpaired) electrons. The average molecular weight is 464 g/mol. The first-order valence-corrected chi connectivity index (χ1v) is 9.78. The summed E-state index contributed by atoms with van der Waals surface area (Å²) < 4.78 is 7.93. The number of hydrogen-bond acceptors (Lipinski definition) is 6. The molecule has 0 saturated carbocycles. The van der Waals surface area contributed by atoms with Crippen molar-refractivity contribution in [3.8, 4) is 0 Å². The number of carbonyl (C=O) groups excluding carboxylic acids is 2. The maximum Gasteiger partial charge on any atom is 0.326 e. The fourth-order valence-electron chi connectivity index (χ4n) is 2.49. The van der Waals surface area contributed by atoms with E-state index in [0.717, 1.165) is 4.47 Å². The van der Waals surface area contributed by atoms with E-state index in [1.165, 1.54) is 28.0 Å². The monoisotopic (exact) mass is 463 g/mol. The van der Waals surface area contributed by atoms with Crippen molar-refractivity contribution in [2.24, 2.45) is 4.99 Å². The Labute approximate surface area is 171 Å². The maximum absolute atomic E-state index is 12.5. The minimum atomic E-state index is -0.522. The summed E-state index contributed by atoms with van der Waals surface area (Å²) >= 11 is 4.47. The highest BCUT2D eigenvalue weighted by Crippen LogP contribution is 2.23. The van der Waals surface area contributed by atoms with Gasteiger partial charge in [0.25, 0.3) is 11.6 Å². The quantitative estimate of drug-likeness (QED) is 0.326. The Morgan fingerprint density at radius 3 is 2.61 bits per heavy atom. The second-order valence-electron chi connectivity index (χ2n) is 5.61. The molecule has 0 aliphatic rings. The fourth-order valence-corrected chi connectivity index (χ4v) is 3.76. The number of nitrogens with zero attached hydrogens (tertiary/aromatic N) is 3. The molecule has 8 nitrogen and oxygen atoms in total. The lowest BCUT2D eigenvalue weighted by Crippen LogP contribution is -2.23. The van der Waals surface area contributed by atoms with Gasteiger partial charge in [-0.2, -0.15) is 4.99 Å². The van der Waals surface area contributed by atoms with Gasteiger partial charge in [-0.1, -0.05) is 27.3 Å². The third-order valence-electron chi connectivity index (χ3n) is 3.76. The van der Waals surface area contributed by atoms with E-state index in [9.17, 15) is 19.7 Å². The van der Waals surface area contributed by atoms with Crippen LogP contribution in [-0.2, 0) is 16.1 Å². The Morgan fingerprint density at radius 2 is 1.96 bits per heavy atom. The van der Waals surface area contributed by atoms with E-state index in [2.05, 4.69) is 20.9 Å². The number of ether oxygens (including phenoxy) is 1. The Morgan fingerprint density at radius 1 is 1.25 bits per heavy atom. The predicted octanol–water partition coefficient (Wildman–Crippen LogP) is 3.68. The summed E-state index contributed by atoms with van der Waals surface area (Å²) in [6.07, 6.45) is 0. The molecule has 0 unspecified atom stereocenters. The third kappa shape index (κ3) is 4.34. The first-order chi connectivity index (χ1) is 13.4. The number of aromatic nitrogens is 1. The number of amides is 1. The van der Waals surface area contributed by atoms with Gasteiger partial charge in [-0.3, -0.25) is 19.7 Å². The number of carbonyl (C=O) groups is 2. The predicted molar refractivity (Wildman–Crippen MR) is 107 cm³/mol. The minimum Gasteiger partial charge on any atom is -0.465 e. The Kier molecular flexibility index (Phi) is 6.00. The van der Waals surface area contributed by atoms with Crippen molar-refractivity contribution >= 4 is 55.0 Å².